The molecule has 0 unspecified atom stereocenters. The minimum absolute atomic E-state index is 0. The number of anilines is 4. The monoisotopic (exact) mass is 803 g/mol. The van der Waals surface area contributed by atoms with Gasteiger partial charge in [0.15, 0.2) is 0 Å². The third-order valence-electron chi connectivity index (χ3n) is 7.78. The van der Waals surface area contributed by atoms with Gasteiger partial charge in [-0.3, -0.25) is 13.7 Å². The van der Waals surface area contributed by atoms with Crippen molar-refractivity contribution >= 4 is 70.1 Å². The zero-order valence-electron chi connectivity index (χ0n) is 30.8. The maximum Gasteiger partial charge on any atom is 1.00 e. The quantitative estimate of drug-likeness (QED) is 0.102. The molecule has 5 N–H and O–H groups in total. The Balaban J connectivity index is 0.00000271. The maximum atomic E-state index is 11.9. The first-order chi connectivity index (χ1) is 24.7. The van der Waals surface area contributed by atoms with Crippen LogP contribution in [0, 0.1) is 0 Å². The average molecular weight is 804 g/mol. The second-order valence-corrected chi connectivity index (χ2v) is 15.5. The fourth-order valence-electron chi connectivity index (χ4n) is 5.45. The summed E-state index contributed by atoms with van der Waals surface area (Å²) < 4.78 is 100. The van der Waals surface area contributed by atoms with Crippen molar-refractivity contribution < 1.29 is 101 Å². The molecule has 0 saturated carbocycles. The molecule has 0 aliphatic heterocycles. The van der Waals surface area contributed by atoms with E-state index in [-0.39, 0.29) is 93.7 Å². The van der Waals surface area contributed by atoms with Crippen LogP contribution in [0.15, 0.2) is 171 Å². The zero-order valence-corrected chi connectivity index (χ0v) is 35.3. The van der Waals surface area contributed by atoms with Crippen LogP contribution in [0.4, 0.5) is 28.4 Å². The number of hydrogen-bond donors (Lipinski definition) is 5. The van der Waals surface area contributed by atoms with Gasteiger partial charge in [-0.05, 0) is 95.1 Å². The van der Waals surface area contributed by atoms with Crippen molar-refractivity contribution in [2.75, 3.05) is 10.6 Å². The average Bonchev–Trinajstić information content (AvgIpc) is 3.10. The molecular formula is C37H31N3Na2O9S3. The van der Waals surface area contributed by atoms with Gasteiger partial charge >= 0.3 is 59.1 Å². The predicted octanol–water partition coefficient (Wildman–Crippen LogP) is 1.85. The van der Waals surface area contributed by atoms with E-state index in [1.807, 2.05) is 24.3 Å². The molecule has 5 aromatic rings. The number of para-hydroxylation sites is 3. The Morgan fingerprint density at radius 1 is 0.481 bits per heavy atom. The largest absolute Gasteiger partial charge is 1.00 e. The van der Waals surface area contributed by atoms with Gasteiger partial charge in [-0.2, -0.15) is 25.3 Å². The van der Waals surface area contributed by atoms with Crippen molar-refractivity contribution in [3.05, 3.63) is 162 Å². The first-order valence-corrected chi connectivity index (χ1v) is 19.6. The van der Waals surface area contributed by atoms with Crippen LogP contribution < -0.4 is 69.7 Å². The van der Waals surface area contributed by atoms with Crippen molar-refractivity contribution in [1.29, 1.82) is 0 Å². The summed E-state index contributed by atoms with van der Waals surface area (Å²) in [4.78, 5) is 3.54. The van der Waals surface area contributed by atoms with Gasteiger partial charge < -0.3 is 13.5 Å². The molecule has 0 radical (unpaired) electrons. The first-order valence-electron chi connectivity index (χ1n) is 15.3. The molecule has 0 bridgehead atoms. The van der Waals surface area contributed by atoms with E-state index in [0.29, 0.717) is 17.1 Å². The molecule has 54 heavy (non-hydrogen) atoms. The molecule has 1 aliphatic carbocycles. The van der Waals surface area contributed by atoms with Gasteiger partial charge in [-0.15, -0.1) is 0 Å². The summed E-state index contributed by atoms with van der Waals surface area (Å²) in [6.45, 7) is 0. The molecule has 0 fully saturated rings. The van der Waals surface area contributed by atoms with E-state index in [1.165, 1.54) is 54.6 Å². The van der Waals surface area contributed by atoms with E-state index in [2.05, 4.69) is 15.6 Å². The summed E-state index contributed by atoms with van der Waals surface area (Å²) in [5.74, 6) is 0. The van der Waals surface area contributed by atoms with Crippen LogP contribution in [-0.2, 0) is 30.4 Å². The molecule has 17 heteroatoms. The van der Waals surface area contributed by atoms with E-state index < -0.39 is 30.4 Å². The fourth-order valence-corrected chi connectivity index (χ4v) is 7.37. The van der Waals surface area contributed by atoms with Crippen molar-refractivity contribution in [2.24, 2.45) is 4.99 Å². The normalized spacial score (nSPS) is 12.6. The molecule has 0 spiro atoms. The number of hydrogen-bond acceptors (Lipinski definition) is 9. The van der Waals surface area contributed by atoms with Gasteiger partial charge in [0.25, 0.3) is 30.4 Å². The number of aliphatic imine (C=N–C) groups is 1. The molecule has 12 nitrogen and oxygen atoms in total. The van der Waals surface area contributed by atoms with E-state index in [1.54, 1.807) is 66.8 Å². The molecule has 6 rings (SSSR count). The SMILES string of the molecule is O=S(=O)(O)c1ccccc1N=C1C=CC(=C(c2ccc(Nc3ccccc3S(=O)(=O)O)cc2)c2ccc(Nc3ccccc3S(=O)(=O)O)cc2)C=C1.[H-].[H-].[Na+].[Na+]. The van der Waals surface area contributed by atoms with Gasteiger partial charge in [-0.1, -0.05) is 72.8 Å². The van der Waals surface area contributed by atoms with Crippen LogP contribution in [-0.4, -0.2) is 44.6 Å². The van der Waals surface area contributed by atoms with Crippen LogP contribution in [0.25, 0.3) is 5.57 Å². The Bertz CT molecular complexity index is 2520. The number of benzene rings is 5. The molecule has 0 saturated heterocycles. The van der Waals surface area contributed by atoms with Crippen molar-refractivity contribution in [1.82, 2.24) is 0 Å². The fraction of sp³-hybridized carbons (Fsp3) is 0. The minimum atomic E-state index is -4.51. The summed E-state index contributed by atoms with van der Waals surface area (Å²) in [6, 6.07) is 32.0. The summed E-state index contributed by atoms with van der Waals surface area (Å²) in [5.41, 5.74) is 4.99. The van der Waals surface area contributed by atoms with Gasteiger partial charge in [-0.25, -0.2) is 4.99 Å². The molecular weight excluding hydrogens is 773 g/mol. The number of nitrogens with zero attached hydrogens (tertiary/aromatic N) is 1. The molecule has 1 aliphatic rings. The summed E-state index contributed by atoms with van der Waals surface area (Å²) in [7, 11) is -13.5. The van der Waals surface area contributed by atoms with Crippen LogP contribution in [0.1, 0.15) is 14.0 Å². The number of rotatable bonds is 10. The molecule has 0 aromatic heterocycles. The third kappa shape index (κ3) is 10.5. The van der Waals surface area contributed by atoms with Gasteiger partial charge in [0, 0.05) is 11.4 Å². The second kappa shape index (κ2) is 17.8. The third-order valence-corrected chi connectivity index (χ3v) is 10.5. The number of nitrogens with one attached hydrogen (secondary N) is 2. The van der Waals surface area contributed by atoms with Crippen molar-refractivity contribution in [3.8, 4) is 0 Å². The Hall–Kier alpha value is -3.68. The topological polar surface area (TPSA) is 200 Å². The van der Waals surface area contributed by atoms with Gasteiger partial charge in [0.2, 0.25) is 0 Å². The smallest absolute Gasteiger partial charge is 1.00 e. The minimum Gasteiger partial charge on any atom is -1.00 e. The van der Waals surface area contributed by atoms with Crippen LogP contribution >= 0.6 is 0 Å². The van der Waals surface area contributed by atoms with E-state index >= 15 is 0 Å². The maximum absolute atomic E-state index is 11.9. The molecule has 0 heterocycles. The van der Waals surface area contributed by atoms with E-state index in [9.17, 15) is 38.9 Å². The van der Waals surface area contributed by atoms with E-state index in [0.717, 1.165) is 22.3 Å². The molecule has 0 atom stereocenters. The molecule has 0 amide bonds. The summed E-state index contributed by atoms with van der Waals surface area (Å²) in [5, 5.41) is 6.05. The predicted molar refractivity (Wildman–Crippen MR) is 202 cm³/mol. The molecule has 268 valence electrons. The Morgan fingerprint density at radius 3 is 1.26 bits per heavy atom. The first kappa shape index (κ1) is 43.1. The Kier molecular flexibility index (Phi) is 14.2. The van der Waals surface area contributed by atoms with Crippen LogP contribution in [0.3, 0.4) is 0 Å². The van der Waals surface area contributed by atoms with Crippen molar-refractivity contribution in [2.45, 2.75) is 14.7 Å². The summed E-state index contributed by atoms with van der Waals surface area (Å²) in [6.07, 6.45) is 6.99. The van der Waals surface area contributed by atoms with Crippen molar-refractivity contribution in [3.63, 3.8) is 0 Å². The molecule has 5 aromatic carbocycles. The Labute approximate surface area is 360 Å². The van der Waals surface area contributed by atoms with Crippen LogP contribution in [0.2, 0.25) is 0 Å². The van der Waals surface area contributed by atoms with Crippen LogP contribution in [0.5, 0.6) is 0 Å². The van der Waals surface area contributed by atoms with Gasteiger partial charge in [0.1, 0.15) is 14.7 Å². The Morgan fingerprint density at radius 2 is 0.852 bits per heavy atom. The number of allylic oxidation sites excluding steroid dienone is 5. The van der Waals surface area contributed by atoms with Gasteiger partial charge in [0.05, 0.1) is 22.8 Å². The standard InChI is InChI=1S/C37H29N3O9S3.2Na.2H/c41-50(42,43)34-10-4-1-7-31(34)38-28-19-13-25(14-20-28)37(26-15-21-29(22-16-26)39-32-8-2-5-11-35(32)51(44,45)46)27-17-23-30(24-18-27)40-33-9-3-6-12-36(33)52(47,48)49;;;;/h1-24,38-39H,(H,41,42,43)(H,44,45,46)(H,47,48,49);;;;/q;2*+1;2*-1. The summed E-state index contributed by atoms with van der Waals surface area (Å²) >= 11 is 0. The second-order valence-electron chi connectivity index (χ2n) is 11.3. The van der Waals surface area contributed by atoms with E-state index in [4.69, 9.17) is 0 Å². The zero-order chi connectivity index (χ0) is 37.1.